The molecule has 0 radical (unpaired) electrons. The zero-order chi connectivity index (χ0) is 7.84. The molecule has 0 fully saturated rings. The molecule has 0 spiro atoms. The molecule has 1 aliphatic heterocycles. The maximum absolute atomic E-state index is 5.25. The highest BCUT2D eigenvalue weighted by Crippen LogP contribution is 2.19. The normalized spacial score (nSPS) is 15.1. The fourth-order valence-corrected chi connectivity index (χ4v) is 1.36. The topological polar surface area (TPSA) is 35.0 Å². The molecule has 3 heteroatoms. The molecule has 0 atom stereocenters. The lowest BCUT2D eigenvalue weighted by molar-refractivity contribution is 0.133. The molecule has 2 rings (SSSR count). The molecule has 11 heavy (non-hydrogen) atoms. The van der Waals surface area contributed by atoms with Gasteiger partial charge in [-0.25, -0.2) is 9.97 Å². The Morgan fingerprint density at radius 1 is 1.18 bits per heavy atom. The van der Waals surface area contributed by atoms with E-state index in [1.165, 1.54) is 5.56 Å². The average molecular weight is 150 g/mol. The van der Waals surface area contributed by atoms with E-state index in [1.54, 1.807) is 0 Å². The van der Waals surface area contributed by atoms with Gasteiger partial charge < -0.3 is 4.74 Å². The van der Waals surface area contributed by atoms with Crippen LogP contribution in [0.4, 0.5) is 0 Å². The highest BCUT2D eigenvalue weighted by Gasteiger charge is 2.15. The lowest BCUT2D eigenvalue weighted by Gasteiger charge is -2.00. The van der Waals surface area contributed by atoms with Crippen LogP contribution >= 0.6 is 0 Å². The molecule has 3 nitrogen and oxygen atoms in total. The van der Waals surface area contributed by atoms with Gasteiger partial charge in [-0.3, -0.25) is 0 Å². The summed E-state index contributed by atoms with van der Waals surface area (Å²) in [4.78, 5) is 8.53. The van der Waals surface area contributed by atoms with Gasteiger partial charge in [-0.05, 0) is 13.8 Å². The van der Waals surface area contributed by atoms with Crippen molar-refractivity contribution in [2.45, 2.75) is 27.1 Å². The Hall–Kier alpha value is -0.960. The van der Waals surface area contributed by atoms with Crippen LogP contribution < -0.4 is 0 Å². The minimum absolute atomic E-state index is 0.652. The molecule has 0 aromatic carbocycles. The number of rotatable bonds is 0. The van der Waals surface area contributed by atoms with Crippen LogP contribution in [0, 0.1) is 13.8 Å². The highest BCUT2D eigenvalue weighted by molar-refractivity contribution is 5.26. The average Bonchev–Trinajstić information content (AvgIpc) is 2.34. The fraction of sp³-hybridized carbons (Fsp3) is 0.500. The van der Waals surface area contributed by atoms with Crippen LogP contribution in [0.15, 0.2) is 0 Å². The summed E-state index contributed by atoms with van der Waals surface area (Å²) in [5.74, 6) is 0.840. The van der Waals surface area contributed by atoms with E-state index in [4.69, 9.17) is 4.74 Å². The summed E-state index contributed by atoms with van der Waals surface area (Å²) in [5.41, 5.74) is 3.30. The Kier molecular flexibility index (Phi) is 1.39. The molecule has 0 N–H and O–H groups in total. The first-order chi connectivity index (χ1) is 5.27. The Morgan fingerprint density at radius 3 is 2.82 bits per heavy atom. The van der Waals surface area contributed by atoms with Gasteiger partial charge in [0.2, 0.25) is 0 Å². The minimum Gasteiger partial charge on any atom is -0.370 e. The summed E-state index contributed by atoms with van der Waals surface area (Å²) >= 11 is 0. The molecule has 2 heterocycles. The van der Waals surface area contributed by atoms with Crippen molar-refractivity contribution in [2.24, 2.45) is 0 Å². The number of aromatic nitrogens is 2. The van der Waals surface area contributed by atoms with Crippen LogP contribution in [-0.2, 0) is 18.0 Å². The van der Waals surface area contributed by atoms with Crippen LogP contribution in [0.1, 0.15) is 22.8 Å². The Balaban J connectivity index is 2.60. The number of ether oxygens (including phenoxy) is 1. The zero-order valence-electron chi connectivity index (χ0n) is 6.72. The van der Waals surface area contributed by atoms with Gasteiger partial charge in [-0.15, -0.1) is 0 Å². The molecule has 1 aliphatic rings. The first-order valence-corrected chi connectivity index (χ1v) is 3.68. The van der Waals surface area contributed by atoms with E-state index in [-0.39, 0.29) is 0 Å². The van der Waals surface area contributed by atoms with Crippen molar-refractivity contribution < 1.29 is 4.74 Å². The number of hydrogen-bond acceptors (Lipinski definition) is 3. The van der Waals surface area contributed by atoms with Gasteiger partial charge in [0.15, 0.2) is 0 Å². The quantitative estimate of drug-likeness (QED) is 0.556. The van der Waals surface area contributed by atoms with Gasteiger partial charge in [-0.2, -0.15) is 0 Å². The molecular weight excluding hydrogens is 140 g/mol. The summed E-state index contributed by atoms with van der Waals surface area (Å²) in [6.07, 6.45) is 0. The lowest BCUT2D eigenvalue weighted by Crippen LogP contribution is -1.98. The van der Waals surface area contributed by atoms with Crippen molar-refractivity contribution in [3.8, 4) is 0 Å². The first kappa shape index (κ1) is 6.73. The maximum Gasteiger partial charge on any atom is 0.125 e. The second kappa shape index (κ2) is 2.27. The Morgan fingerprint density at radius 2 is 2.00 bits per heavy atom. The van der Waals surface area contributed by atoms with Crippen molar-refractivity contribution in [3.63, 3.8) is 0 Å². The van der Waals surface area contributed by atoms with Crippen LogP contribution in [0.25, 0.3) is 0 Å². The predicted octanol–water partition coefficient (Wildman–Crippen LogP) is 1.12. The second-order valence-corrected chi connectivity index (χ2v) is 2.77. The van der Waals surface area contributed by atoms with Crippen molar-refractivity contribution in [1.82, 2.24) is 9.97 Å². The molecule has 1 aromatic heterocycles. The van der Waals surface area contributed by atoms with Crippen LogP contribution in [-0.4, -0.2) is 9.97 Å². The van der Waals surface area contributed by atoms with Crippen LogP contribution in [0.2, 0.25) is 0 Å². The van der Waals surface area contributed by atoms with Crippen LogP contribution in [0.5, 0.6) is 0 Å². The monoisotopic (exact) mass is 150 g/mol. The molecule has 0 unspecified atom stereocenters. The minimum atomic E-state index is 0.652. The van der Waals surface area contributed by atoms with Gasteiger partial charge in [-0.1, -0.05) is 0 Å². The molecule has 0 bridgehead atoms. The summed E-state index contributed by atoms with van der Waals surface area (Å²) in [5, 5.41) is 0. The van der Waals surface area contributed by atoms with E-state index in [9.17, 15) is 0 Å². The SMILES string of the molecule is Cc1nc(C)c2c(n1)COC2. The first-order valence-electron chi connectivity index (χ1n) is 3.68. The molecule has 1 aromatic rings. The van der Waals surface area contributed by atoms with Gasteiger partial charge in [0.1, 0.15) is 5.82 Å². The van der Waals surface area contributed by atoms with E-state index in [0.29, 0.717) is 13.2 Å². The molecule has 0 amide bonds. The predicted molar refractivity (Wildman–Crippen MR) is 40.0 cm³/mol. The fourth-order valence-electron chi connectivity index (χ4n) is 1.36. The Bertz CT molecular complexity index is 296. The zero-order valence-corrected chi connectivity index (χ0v) is 6.72. The summed E-state index contributed by atoms with van der Waals surface area (Å²) in [6.45, 7) is 5.24. The van der Waals surface area contributed by atoms with Crippen molar-refractivity contribution >= 4 is 0 Å². The number of aryl methyl sites for hydroxylation is 2. The molecule has 0 saturated carbocycles. The number of hydrogen-bond donors (Lipinski definition) is 0. The van der Waals surface area contributed by atoms with Gasteiger partial charge in [0.25, 0.3) is 0 Å². The maximum atomic E-state index is 5.25. The summed E-state index contributed by atoms with van der Waals surface area (Å²) in [7, 11) is 0. The number of fused-ring (bicyclic) bond motifs is 1. The van der Waals surface area contributed by atoms with E-state index in [2.05, 4.69) is 9.97 Å². The highest BCUT2D eigenvalue weighted by atomic mass is 16.5. The van der Waals surface area contributed by atoms with E-state index in [1.807, 2.05) is 13.8 Å². The van der Waals surface area contributed by atoms with Crippen molar-refractivity contribution in [2.75, 3.05) is 0 Å². The third kappa shape index (κ3) is 1.01. The summed E-state index contributed by atoms with van der Waals surface area (Å²) < 4.78 is 5.25. The van der Waals surface area contributed by atoms with Gasteiger partial charge in [0.05, 0.1) is 18.9 Å². The summed E-state index contributed by atoms with van der Waals surface area (Å²) in [6, 6.07) is 0. The van der Waals surface area contributed by atoms with Crippen molar-refractivity contribution in [3.05, 3.63) is 22.8 Å². The second-order valence-electron chi connectivity index (χ2n) is 2.77. The van der Waals surface area contributed by atoms with Gasteiger partial charge >= 0.3 is 0 Å². The molecular formula is C8H10N2O. The van der Waals surface area contributed by atoms with E-state index < -0.39 is 0 Å². The van der Waals surface area contributed by atoms with E-state index in [0.717, 1.165) is 17.2 Å². The number of nitrogens with zero attached hydrogens (tertiary/aromatic N) is 2. The van der Waals surface area contributed by atoms with E-state index >= 15 is 0 Å². The van der Waals surface area contributed by atoms with Crippen LogP contribution in [0.3, 0.4) is 0 Å². The third-order valence-electron chi connectivity index (χ3n) is 1.90. The Labute approximate surface area is 65.4 Å². The standard InChI is InChI=1S/C8H10N2O/c1-5-7-3-11-4-8(7)10-6(2)9-5/h3-4H2,1-2H3. The molecule has 58 valence electrons. The third-order valence-corrected chi connectivity index (χ3v) is 1.90. The van der Waals surface area contributed by atoms with Crippen molar-refractivity contribution in [1.29, 1.82) is 0 Å². The molecule has 0 saturated heterocycles. The largest absolute Gasteiger partial charge is 0.370 e. The smallest absolute Gasteiger partial charge is 0.125 e. The molecule has 0 aliphatic carbocycles. The van der Waals surface area contributed by atoms with Gasteiger partial charge in [0, 0.05) is 11.3 Å². The lowest BCUT2D eigenvalue weighted by atomic mass is 10.2.